The summed E-state index contributed by atoms with van der Waals surface area (Å²) in [5.41, 5.74) is 2.72. The number of benzene rings is 1. The van der Waals surface area contributed by atoms with Crippen LogP contribution < -0.4 is 4.90 Å². The summed E-state index contributed by atoms with van der Waals surface area (Å²) in [6.07, 6.45) is 1.53. The maximum Gasteiger partial charge on any atom is 0.289 e. The largest absolute Gasteiger partial charge is 0.459 e. The molecule has 0 aliphatic carbocycles. The standard InChI is InChI=1S/C18H18N4O2/c1-13-17(20-15-6-3-2-5-14(15)19-13)21-8-10-22(11-9-21)18(23)16-7-4-12-24-16/h2-7,12H,8-11H2,1H3. The van der Waals surface area contributed by atoms with Crippen LogP contribution in [0, 0.1) is 6.92 Å². The molecule has 1 aliphatic rings. The quantitative estimate of drug-likeness (QED) is 0.725. The van der Waals surface area contributed by atoms with E-state index in [1.807, 2.05) is 36.1 Å². The molecule has 0 unspecified atom stereocenters. The highest BCUT2D eigenvalue weighted by atomic mass is 16.3. The zero-order valence-corrected chi connectivity index (χ0v) is 13.5. The highest BCUT2D eigenvalue weighted by Crippen LogP contribution is 2.21. The van der Waals surface area contributed by atoms with Crippen LogP contribution in [0.25, 0.3) is 11.0 Å². The lowest BCUT2D eigenvalue weighted by Gasteiger charge is -2.35. The number of anilines is 1. The summed E-state index contributed by atoms with van der Waals surface area (Å²) >= 11 is 0. The third-order valence-electron chi connectivity index (χ3n) is 4.32. The molecule has 3 aromatic rings. The van der Waals surface area contributed by atoms with E-state index in [-0.39, 0.29) is 5.91 Å². The Morgan fingerprint density at radius 3 is 2.38 bits per heavy atom. The normalized spacial score (nSPS) is 15.0. The molecule has 1 aromatic carbocycles. The Bertz CT molecular complexity index is 868. The number of amides is 1. The van der Waals surface area contributed by atoms with Crippen molar-refractivity contribution in [3.05, 3.63) is 54.1 Å². The van der Waals surface area contributed by atoms with E-state index in [2.05, 4.69) is 9.88 Å². The molecule has 4 rings (SSSR count). The molecule has 6 heteroatoms. The molecular formula is C18H18N4O2. The lowest BCUT2D eigenvalue weighted by atomic mass is 10.2. The van der Waals surface area contributed by atoms with E-state index in [0.717, 1.165) is 35.6 Å². The Kier molecular flexibility index (Phi) is 3.65. The lowest BCUT2D eigenvalue weighted by molar-refractivity contribution is 0.0714. The molecule has 0 atom stereocenters. The number of rotatable bonds is 2. The molecule has 1 amide bonds. The van der Waals surface area contributed by atoms with E-state index in [4.69, 9.17) is 9.40 Å². The first kappa shape index (κ1) is 14.7. The lowest BCUT2D eigenvalue weighted by Crippen LogP contribution is -2.49. The Morgan fingerprint density at radius 1 is 1.00 bits per heavy atom. The van der Waals surface area contributed by atoms with Crippen LogP contribution in [0.3, 0.4) is 0 Å². The number of fused-ring (bicyclic) bond motifs is 1. The molecule has 3 heterocycles. The Labute approximate surface area is 139 Å². The molecule has 122 valence electrons. The minimum Gasteiger partial charge on any atom is -0.459 e. The van der Waals surface area contributed by atoms with E-state index in [1.54, 1.807) is 12.1 Å². The van der Waals surface area contributed by atoms with Crippen LogP contribution in [0.4, 0.5) is 5.82 Å². The number of carbonyl (C=O) groups is 1. The van der Waals surface area contributed by atoms with Crippen molar-refractivity contribution in [3.8, 4) is 0 Å². The first-order valence-corrected chi connectivity index (χ1v) is 8.03. The van der Waals surface area contributed by atoms with Crippen LogP contribution in [-0.2, 0) is 0 Å². The van der Waals surface area contributed by atoms with E-state index in [9.17, 15) is 4.79 Å². The summed E-state index contributed by atoms with van der Waals surface area (Å²) in [6, 6.07) is 11.3. The van der Waals surface area contributed by atoms with Crippen LogP contribution in [0.5, 0.6) is 0 Å². The molecule has 2 aromatic heterocycles. The second-order valence-corrected chi connectivity index (χ2v) is 5.88. The smallest absolute Gasteiger partial charge is 0.289 e. The van der Waals surface area contributed by atoms with Crippen LogP contribution in [0.15, 0.2) is 47.1 Å². The van der Waals surface area contributed by atoms with Gasteiger partial charge >= 0.3 is 0 Å². The summed E-state index contributed by atoms with van der Waals surface area (Å²) in [6.45, 7) is 4.75. The predicted octanol–water partition coefficient (Wildman–Crippen LogP) is 2.49. The van der Waals surface area contributed by atoms with Gasteiger partial charge in [-0.25, -0.2) is 9.97 Å². The molecule has 0 bridgehead atoms. The summed E-state index contributed by atoms with van der Waals surface area (Å²) in [5.74, 6) is 1.24. The number of nitrogens with zero attached hydrogens (tertiary/aromatic N) is 4. The van der Waals surface area contributed by atoms with Gasteiger partial charge in [-0.1, -0.05) is 12.1 Å². The third kappa shape index (κ3) is 2.60. The fourth-order valence-electron chi connectivity index (χ4n) is 3.06. The van der Waals surface area contributed by atoms with E-state index < -0.39 is 0 Å². The van der Waals surface area contributed by atoms with Gasteiger partial charge in [0.1, 0.15) is 0 Å². The average Bonchev–Trinajstić information content (AvgIpc) is 3.15. The van der Waals surface area contributed by atoms with Gasteiger partial charge in [0, 0.05) is 26.2 Å². The zero-order valence-electron chi connectivity index (χ0n) is 13.5. The summed E-state index contributed by atoms with van der Waals surface area (Å²) in [7, 11) is 0. The van der Waals surface area contributed by atoms with Crippen molar-refractivity contribution in [2.24, 2.45) is 0 Å². The van der Waals surface area contributed by atoms with Gasteiger partial charge in [-0.2, -0.15) is 0 Å². The SMILES string of the molecule is Cc1nc2ccccc2nc1N1CCN(C(=O)c2ccco2)CC1. The zero-order chi connectivity index (χ0) is 16.5. The van der Waals surface area contributed by atoms with Crippen molar-refractivity contribution in [3.63, 3.8) is 0 Å². The minimum atomic E-state index is -0.0547. The highest BCUT2D eigenvalue weighted by Gasteiger charge is 2.25. The van der Waals surface area contributed by atoms with E-state index in [0.29, 0.717) is 18.8 Å². The number of hydrogen-bond donors (Lipinski definition) is 0. The monoisotopic (exact) mass is 322 g/mol. The van der Waals surface area contributed by atoms with Crippen LogP contribution in [0.2, 0.25) is 0 Å². The molecule has 1 fully saturated rings. The third-order valence-corrected chi connectivity index (χ3v) is 4.32. The maximum absolute atomic E-state index is 12.3. The topological polar surface area (TPSA) is 62.5 Å². The van der Waals surface area contributed by atoms with Gasteiger partial charge < -0.3 is 14.2 Å². The van der Waals surface area contributed by atoms with Crippen molar-refractivity contribution < 1.29 is 9.21 Å². The summed E-state index contributed by atoms with van der Waals surface area (Å²) in [5, 5.41) is 0. The molecule has 0 saturated carbocycles. The summed E-state index contributed by atoms with van der Waals surface area (Å²) < 4.78 is 5.20. The number of hydrogen-bond acceptors (Lipinski definition) is 5. The van der Waals surface area contributed by atoms with Crippen molar-refractivity contribution in [2.75, 3.05) is 31.1 Å². The Hall–Kier alpha value is -2.89. The molecule has 24 heavy (non-hydrogen) atoms. The van der Waals surface area contributed by atoms with Crippen molar-refractivity contribution in [1.29, 1.82) is 0 Å². The summed E-state index contributed by atoms with van der Waals surface area (Å²) in [4.78, 5) is 25.8. The first-order valence-electron chi connectivity index (χ1n) is 8.03. The fraction of sp³-hybridized carbons (Fsp3) is 0.278. The Morgan fingerprint density at radius 2 is 1.71 bits per heavy atom. The van der Waals surface area contributed by atoms with E-state index in [1.165, 1.54) is 6.26 Å². The van der Waals surface area contributed by atoms with Gasteiger partial charge in [0.25, 0.3) is 5.91 Å². The molecule has 0 N–H and O–H groups in total. The van der Waals surface area contributed by atoms with Gasteiger partial charge in [0.2, 0.25) is 0 Å². The Balaban J connectivity index is 1.51. The van der Waals surface area contributed by atoms with Gasteiger partial charge in [0.15, 0.2) is 11.6 Å². The molecule has 0 radical (unpaired) electrons. The molecule has 1 aliphatic heterocycles. The van der Waals surface area contributed by atoms with Gasteiger partial charge in [0.05, 0.1) is 23.0 Å². The van der Waals surface area contributed by atoms with Gasteiger partial charge in [-0.15, -0.1) is 0 Å². The number of aryl methyl sites for hydroxylation is 1. The highest BCUT2D eigenvalue weighted by molar-refractivity contribution is 5.91. The maximum atomic E-state index is 12.3. The molecule has 6 nitrogen and oxygen atoms in total. The number of carbonyl (C=O) groups excluding carboxylic acids is 1. The molecule has 0 spiro atoms. The predicted molar refractivity (Wildman–Crippen MR) is 91.1 cm³/mol. The number of piperazine rings is 1. The van der Waals surface area contributed by atoms with E-state index >= 15 is 0 Å². The van der Waals surface area contributed by atoms with Gasteiger partial charge in [-0.3, -0.25) is 4.79 Å². The molecule has 1 saturated heterocycles. The van der Waals surface area contributed by atoms with Gasteiger partial charge in [-0.05, 0) is 31.2 Å². The second-order valence-electron chi connectivity index (χ2n) is 5.88. The van der Waals surface area contributed by atoms with Crippen molar-refractivity contribution >= 4 is 22.8 Å². The second kappa shape index (κ2) is 5.96. The first-order chi connectivity index (χ1) is 11.7. The number of aromatic nitrogens is 2. The molecular weight excluding hydrogens is 304 g/mol. The number of para-hydroxylation sites is 2. The van der Waals surface area contributed by atoms with Crippen molar-refractivity contribution in [1.82, 2.24) is 14.9 Å². The number of furan rings is 1. The minimum absolute atomic E-state index is 0.0547. The fourth-order valence-corrected chi connectivity index (χ4v) is 3.06. The average molecular weight is 322 g/mol. The van der Waals surface area contributed by atoms with Crippen LogP contribution >= 0.6 is 0 Å². The van der Waals surface area contributed by atoms with Crippen LogP contribution in [-0.4, -0.2) is 47.0 Å². The van der Waals surface area contributed by atoms with Crippen molar-refractivity contribution in [2.45, 2.75) is 6.92 Å². The van der Waals surface area contributed by atoms with Crippen LogP contribution in [0.1, 0.15) is 16.2 Å².